The molecule has 0 fully saturated rings. The van der Waals surface area contributed by atoms with Gasteiger partial charge < -0.3 is 14.2 Å². The van der Waals surface area contributed by atoms with E-state index in [0.29, 0.717) is 30.6 Å². The lowest BCUT2D eigenvalue weighted by atomic mass is 10.2. The number of nitrogens with zero attached hydrogens (tertiary/aromatic N) is 3. The number of carbonyl (C=O) groups is 1. The van der Waals surface area contributed by atoms with Crippen molar-refractivity contribution in [3.8, 4) is 22.1 Å². The van der Waals surface area contributed by atoms with Gasteiger partial charge in [-0.3, -0.25) is 9.69 Å². The van der Waals surface area contributed by atoms with Crippen molar-refractivity contribution in [2.24, 2.45) is 0 Å². The number of amides is 1. The highest BCUT2D eigenvalue weighted by atomic mass is 32.1. The largest absolute Gasteiger partial charge is 0.494 e. The highest BCUT2D eigenvalue weighted by molar-refractivity contribution is 7.18. The van der Waals surface area contributed by atoms with E-state index in [1.54, 1.807) is 12.0 Å². The number of anilines is 1. The number of hydrogen-bond donors (Lipinski definition) is 0. The van der Waals surface area contributed by atoms with Gasteiger partial charge in [-0.2, -0.15) is 0 Å². The summed E-state index contributed by atoms with van der Waals surface area (Å²) in [5, 5.41) is 9.69. The second-order valence-corrected chi connectivity index (χ2v) is 6.94. The maximum absolute atomic E-state index is 12.8. The van der Waals surface area contributed by atoms with Crippen LogP contribution in [0.4, 0.5) is 5.13 Å². The van der Waals surface area contributed by atoms with Crippen LogP contribution in [0.3, 0.4) is 0 Å². The molecular formula is C21H23N3O4S. The van der Waals surface area contributed by atoms with Crippen molar-refractivity contribution in [2.45, 2.75) is 6.92 Å². The molecule has 152 valence electrons. The third-order valence-corrected chi connectivity index (χ3v) is 4.98. The van der Waals surface area contributed by atoms with E-state index in [4.69, 9.17) is 14.2 Å². The molecule has 2 aromatic carbocycles. The Morgan fingerprint density at radius 1 is 1.00 bits per heavy atom. The Labute approximate surface area is 173 Å². The summed E-state index contributed by atoms with van der Waals surface area (Å²) in [6.07, 6.45) is 0. The van der Waals surface area contributed by atoms with Gasteiger partial charge in [0.1, 0.15) is 16.5 Å². The van der Waals surface area contributed by atoms with Crippen LogP contribution < -0.4 is 14.4 Å². The number of carbonyl (C=O) groups excluding carboxylic acids is 1. The molecule has 0 spiro atoms. The summed E-state index contributed by atoms with van der Waals surface area (Å²) in [4.78, 5) is 14.3. The van der Waals surface area contributed by atoms with E-state index in [9.17, 15) is 4.79 Å². The lowest BCUT2D eigenvalue weighted by Gasteiger charge is -2.19. The summed E-state index contributed by atoms with van der Waals surface area (Å²) in [5.41, 5.74) is 0.914. The molecule has 1 amide bonds. The van der Waals surface area contributed by atoms with Crippen molar-refractivity contribution in [3.05, 3.63) is 54.6 Å². The lowest BCUT2D eigenvalue weighted by Crippen LogP contribution is -2.37. The van der Waals surface area contributed by atoms with Crippen LogP contribution in [0.15, 0.2) is 54.6 Å². The second-order valence-electron chi connectivity index (χ2n) is 5.99. The molecule has 0 saturated heterocycles. The topological polar surface area (TPSA) is 73.8 Å². The molecule has 3 aromatic rings. The number of rotatable bonds is 10. The SMILES string of the molecule is CCOc1ccc(-c2nnc(N(CCOC)C(=O)COc3ccccc3)s2)cc1. The van der Waals surface area contributed by atoms with Gasteiger partial charge >= 0.3 is 0 Å². The Kier molecular flexibility index (Phi) is 7.54. The van der Waals surface area contributed by atoms with Crippen molar-refractivity contribution in [1.29, 1.82) is 0 Å². The smallest absolute Gasteiger partial charge is 0.266 e. The molecule has 0 atom stereocenters. The first-order valence-electron chi connectivity index (χ1n) is 9.25. The van der Waals surface area contributed by atoms with Gasteiger partial charge in [0.15, 0.2) is 6.61 Å². The van der Waals surface area contributed by atoms with Gasteiger partial charge in [-0.25, -0.2) is 0 Å². The van der Waals surface area contributed by atoms with Crippen molar-refractivity contribution in [2.75, 3.05) is 38.4 Å². The molecule has 0 unspecified atom stereocenters. The molecular weight excluding hydrogens is 390 g/mol. The van der Waals surface area contributed by atoms with Crippen molar-refractivity contribution in [1.82, 2.24) is 10.2 Å². The summed E-state index contributed by atoms with van der Waals surface area (Å²) in [6, 6.07) is 16.9. The molecule has 0 bridgehead atoms. The third-order valence-electron chi connectivity index (χ3n) is 3.98. The zero-order chi connectivity index (χ0) is 20.5. The minimum atomic E-state index is -0.208. The van der Waals surface area contributed by atoms with Gasteiger partial charge in [0.25, 0.3) is 5.91 Å². The quantitative estimate of drug-likeness (QED) is 0.505. The van der Waals surface area contributed by atoms with Gasteiger partial charge in [0.2, 0.25) is 5.13 Å². The van der Waals surface area contributed by atoms with Gasteiger partial charge in [0.05, 0.1) is 19.8 Å². The molecule has 3 rings (SSSR count). The van der Waals surface area contributed by atoms with E-state index >= 15 is 0 Å². The highest BCUT2D eigenvalue weighted by Gasteiger charge is 2.21. The van der Waals surface area contributed by atoms with Gasteiger partial charge in [-0.15, -0.1) is 10.2 Å². The molecule has 1 heterocycles. The molecule has 29 heavy (non-hydrogen) atoms. The van der Waals surface area contributed by atoms with Crippen LogP contribution in [0.1, 0.15) is 6.92 Å². The number of aromatic nitrogens is 2. The lowest BCUT2D eigenvalue weighted by molar-refractivity contribution is -0.120. The third kappa shape index (κ3) is 5.75. The summed E-state index contributed by atoms with van der Waals surface area (Å²) in [7, 11) is 1.59. The van der Waals surface area contributed by atoms with Crippen LogP contribution in [0, 0.1) is 0 Å². The van der Waals surface area contributed by atoms with Crippen molar-refractivity contribution in [3.63, 3.8) is 0 Å². The fraction of sp³-hybridized carbons (Fsp3) is 0.286. The molecule has 0 radical (unpaired) electrons. The number of methoxy groups -OCH3 is 1. The molecule has 0 aliphatic rings. The highest BCUT2D eigenvalue weighted by Crippen LogP contribution is 2.30. The summed E-state index contributed by atoms with van der Waals surface area (Å²) in [5.74, 6) is 1.23. The molecule has 0 N–H and O–H groups in total. The Morgan fingerprint density at radius 2 is 1.72 bits per heavy atom. The first kappa shape index (κ1) is 20.8. The maximum atomic E-state index is 12.8. The number of benzene rings is 2. The predicted molar refractivity (Wildman–Crippen MR) is 113 cm³/mol. The minimum Gasteiger partial charge on any atom is -0.494 e. The van der Waals surface area contributed by atoms with Gasteiger partial charge in [0, 0.05) is 12.7 Å². The molecule has 0 aliphatic heterocycles. The van der Waals surface area contributed by atoms with Crippen molar-refractivity contribution >= 4 is 22.4 Å². The number of hydrogen-bond acceptors (Lipinski definition) is 7. The fourth-order valence-electron chi connectivity index (χ4n) is 2.55. The Morgan fingerprint density at radius 3 is 2.41 bits per heavy atom. The first-order valence-corrected chi connectivity index (χ1v) is 10.1. The van der Waals surface area contributed by atoms with E-state index < -0.39 is 0 Å². The standard InChI is InChI=1S/C21H23N3O4S/c1-3-27-18-11-9-16(10-12-18)20-22-23-21(29-20)24(13-14-26-2)19(25)15-28-17-7-5-4-6-8-17/h4-12H,3,13-15H2,1-2H3. The van der Waals surface area contributed by atoms with Crippen molar-refractivity contribution < 1.29 is 19.0 Å². The van der Waals surface area contributed by atoms with Gasteiger partial charge in [-0.1, -0.05) is 29.5 Å². The number of para-hydroxylation sites is 1. The fourth-order valence-corrected chi connectivity index (χ4v) is 3.44. The predicted octanol–water partition coefficient (Wildman–Crippen LogP) is 3.66. The molecule has 0 saturated carbocycles. The van der Waals surface area contributed by atoms with E-state index in [0.717, 1.165) is 16.3 Å². The summed E-state index contributed by atoms with van der Waals surface area (Å²) >= 11 is 1.34. The first-order chi connectivity index (χ1) is 14.2. The van der Waals surface area contributed by atoms with E-state index in [1.807, 2.05) is 61.5 Å². The second kappa shape index (κ2) is 10.5. The average Bonchev–Trinajstić information content (AvgIpc) is 3.24. The number of ether oxygens (including phenoxy) is 3. The Hall–Kier alpha value is -2.97. The van der Waals surface area contributed by atoms with Crippen LogP contribution in [0.25, 0.3) is 10.6 Å². The maximum Gasteiger partial charge on any atom is 0.266 e. The Bertz CT molecular complexity index is 900. The molecule has 7 nitrogen and oxygen atoms in total. The average molecular weight is 413 g/mol. The van der Waals surface area contributed by atoms with E-state index in [1.165, 1.54) is 11.3 Å². The van der Waals surface area contributed by atoms with E-state index in [-0.39, 0.29) is 12.5 Å². The monoisotopic (exact) mass is 413 g/mol. The zero-order valence-electron chi connectivity index (χ0n) is 16.4. The summed E-state index contributed by atoms with van der Waals surface area (Å²) < 4.78 is 16.2. The minimum absolute atomic E-state index is 0.0916. The van der Waals surface area contributed by atoms with Crippen LogP contribution in [-0.4, -0.2) is 49.6 Å². The van der Waals surface area contributed by atoms with Crippen LogP contribution >= 0.6 is 11.3 Å². The Balaban J connectivity index is 1.72. The van der Waals surface area contributed by atoms with Gasteiger partial charge in [-0.05, 0) is 43.3 Å². The normalized spacial score (nSPS) is 10.6. The summed E-state index contributed by atoms with van der Waals surface area (Å²) in [6.45, 7) is 3.22. The molecule has 0 aliphatic carbocycles. The van der Waals surface area contributed by atoms with Crippen LogP contribution in [-0.2, 0) is 9.53 Å². The van der Waals surface area contributed by atoms with Crippen LogP contribution in [0.2, 0.25) is 0 Å². The zero-order valence-corrected chi connectivity index (χ0v) is 17.2. The van der Waals surface area contributed by atoms with E-state index in [2.05, 4.69) is 10.2 Å². The van der Waals surface area contributed by atoms with Crippen LogP contribution in [0.5, 0.6) is 11.5 Å². The molecule has 1 aromatic heterocycles. The molecule has 8 heteroatoms.